The zero-order valence-corrected chi connectivity index (χ0v) is 10.2. The lowest BCUT2D eigenvalue weighted by molar-refractivity contribution is -0.137. The summed E-state index contributed by atoms with van der Waals surface area (Å²) in [5.41, 5.74) is 7.56. The molecule has 0 bridgehead atoms. The van der Waals surface area contributed by atoms with E-state index in [2.05, 4.69) is 0 Å². The largest absolute Gasteiger partial charge is 0.489 e. The van der Waals surface area contributed by atoms with E-state index in [9.17, 15) is 4.79 Å². The lowest BCUT2D eigenvalue weighted by Gasteiger charge is -2.12. The zero-order valence-electron chi connectivity index (χ0n) is 9.44. The first-order valence-electron chi connectivity index (χ1n) is 5.43. The smallest absolute Gasteiger partial charge is 0.305 e. The first-order valence-corrected chi connectivity index (χ1v) is 5.81. The molecule has 1 aliphatic rings. The summed E-state index contributed by atoms with van der Waals surface area (Å²) in [6, 6.07) is 3.04. The number of halogens is 1. The lowest BCUT2D eigenvalue weighted by Crippen LogP contribution is -2.15. The molecule has 2 atom stereocenters. The van der Waals surface area contributed by atoms with E-state index in [1.54, 1.807) is 6.07 Å². The van der Waals surface area contributed by atoms with Crippen molar-refractivity contribution in [2.24, 2.45) is 5.73 Å². The Morgan fingerprint density at radius 2 is 2.41 bits per heavy atom. The highest BCUT2D eigenvalue weighted by molar-refractivity contribution is 6.32. The summed E-state index contributed by atoms with van der Waals surface area (Å²) >= 11 is 6.09. The second-order valence-electron chi connectivity index (χ2n) is 4.33. The van der Waals surface area contributed by atoms with Gasteiger partial charge in [0.05, 0.1) is 11.4 Å². The van der Waals surface area contributed by atoms with Crippen molar-refractivity contribution in [3.8, 4) is 5.75 Å². The van der Waals surface area contributed by atoms with Crippen molar-refractivity contribution in [2.75, 3.05) is 0 Å². The average Bonchev–Trinajstić information content (AvgIpc) is 2.58. The van der Waals surface area contributed by atoms with Crippen LogP contribution in [0.1, 0.15) is 30.5 Å². The summed E-state index contributed by atoms with van der Waals surface area (Å²) in [6.07, 6.45) is 0.780. The lowest BCUT2D eigenvalue weighted by atomic mass is 10.0. The fourth-order valence-electron chi connectivity index (χ4n) is 2.03. The highest BCUT2D eigenvalue weighted by Gasteiger charge is 2.24. The van der Waals surface area contributed by atoms with Crippen molar-refractivity contribution in [1.82, 2.24) is 0 Å². The second-order valence-corrected chi connectivity index (χ2v) is 4.74. The first-order chi connectivity index (χ1) is 7.97. The Hall–Kier alpha value is -1.26. The summed E-state index contributed by atoms with van der Waals surface area (Å²) in [5, 5.41) is 9.21. The minimum absolute atomic E-state index is 0.105. The SMILES string of the molecule is CC1Cc2cc(C(N)CC(=O)O)cc(Cl)c2O1. The van der Waals surface area contributed by atoms with E-state index in [1.165, 1.54) is 0 Å². The predicted molar refractivity (Wildman–Crippen MR) is 64.4 cm³/mol. The number of hydrogen-bond donors (Lipinski definition) is 2. The number of rotatable bonds is 3. The molecule has 2 unspecified atom stereocenters. The molecule has 0 spiro atoms. The quantitative estimate of drug-likeness (QED) is 0.868. The maximum absolute atomic E-state index is 10.6. The normalized spacial score (nSPS) is 19.6. The van der Waals surface area contributed by atoms with Gasteiger partial charge >= 0.3 is 5.97 Å². The zero-order chi connectivity index (χ0) is 12.6. The number of carboxylic acid groups (broad SMARTS) is 1. The minimum Gasteiger partial charge on any atom is -0.489 e. The van der Waals surface area contributed by atoms with Gasteiger partial charge in [-0.05, 0) is 24.1 Å². The fraction of sp³-hybridized carbons (Fsp3) is 0.417. The van der Waals surface area contributed by atoms with Crippen LogP contribution in [0.3, 0.4) is 0 Å². The Morgan fingerprint density at radius 3 is 3.06 bits per heavy atom. The van der Waals surface area contributed by atoms with Crippen molar-refractivity contribution < 1.29 is 14.6 Å². The number of benzene rings is 1. The Morgan fingerprint density at radius 1 is 1.71 bits per heavy atom. The van der Waals surface area contributed by atoms with Crippen LogP contribution in [0.15, 0.2) is 12.1 Å². The van der Waals surface area contributed by atoms with Crippen LogP contribution in [0.2, 0.25) is 5.02 Å². The van der Waals surface area contributed by atoms with Gasteiger partial charge in [0.15, 0.2) is 0 Å². The van der Waals surface area contributed by atoms with E-state index in [1.807, 2.05) is 13.0 Å². The Labute approximate surface area is 104 Å². The molecule has 1 heterocycles. The molecular formula is C12H14ClNO3. The van der Waals surface area contributed by atoms with Gasteiger partial charge in [0, 0.05) is 12.5 Å². The molecule has 3 N–H and O–H groups in total. The molecule has 0 fully saturated rings. The van der Waals surface area contributed by atoms with Gasteiger partial charge in [-0.3, -0.25) is 4.79 Å². The summed E-state index contributed by atoms with van der Waals surface area (Å²) < 4.78 is 5.56. The van der Waals surface area contributed by atoms with Gasteiger partial charge in [-0.2, -0.15) is 0 Å². The van der Waals surface area contributed by atoms with E-state index >= 15 is 0 Å². The van der Waals surface area contributed by atoms with Gasteiger partial charge in [-0.15, -0.1) is 0 Å². The molecule has 0 aliphatic carbocycles. The van der Waals surface area contributed by atoms with Crippen molar-refractivity contribution in [2.45, 2.75) is 31.9 Å². The number of ether oxygens (including phenoxy) is 1. The van der Waals surface area contributed by atoms with Crippen molar-refractivity contribution in [1.29, 1.82) is 0 Å². The molecule has 0 radical (unpaired) electrons. The molecule has 2 rings (SSSR count). The third-order valence-corrected chi connectivity index (χ3v) is 3.07. The number of carbonyl (C=O) groups is 1. The molecule has 1 aromatic carbocycles. The molecule has 0 saturated carbocycles. The number of aliphatic carboxylic acids is 1. The molecule has 92 valence electrons. The Bertz CT molecular complexity index is 461. The maximum atomic E-state index is 10.6. The molecular weight excluding hydrogens is 242 g/mol. The van der Waals surface area contributed by atoms with E-state index in [-0.39, 0.29) is 12.5 Å². The van der Waals surface area contributed by atoms with Crippen LogP contribution in [-0.2, 0) is 11.2 Å². The molecule has 0 aromatic heterocycles. The number of carboxylic acids is 1. The molecule has 0 amide bonds. The number of hydrogen-bond acceptors (Lipinski definition) is 3. The van der Waals surface area contributed by atoms with E-state index in [0.29, 0.717) is 10.8 Å². The molecule has 5 heteroatoms. The monoisotopic (exact) mass is 255 g/mol. The number of fused-ring (bicyclic) bond motifs is 1. The summed E-state index contributed by atoms with van der Waals surface area (Å²) in [6.45, 7) is 1.97. The van der Waals surface area contributed by atoms with Crippen molar-refractivity contribution in [3.05, 3.63) is 28.3 Å². The standard InChI is InChI=1S/C12H14ClNO3/c1-6-2-8-3-7(10(14)5-11(15)16)4-9(13)12(8)17-6/h3-4,6,10H,2,5,14H2,1H3,(H,15,16). The topological polar surface area (TPSA) is 72.6 Å². The summed E-state index contributed by atoms with van der Waals surface area (Å²) in [5.74, 6) is -0.218. The summed E-state index contributed by atoms with van der Waals surface area (Å²) in [7, 11) is 0. The van der Waals surface area contributed by atoms with Crippen LogP contribution >= 0.6 is 11.6 Å². The van der Waals surface area contributed by atoms with Crippen LogP contribution in [0, 0.1) is 0 Å². The van der Waals surface area contributed by atoms with Crippen molar-refractivity contribution >= 4 is 17.6 Å². The van der Waals surface area contributed by atoms with E-state index in [4.69, 9.17) is 27.2 Å². The highest BCUT2D eigenvalue weighted by Crippen LogP contribution is 2.38. The molecule has 1 aliphatic heterocycles. The molecule has 0 saturated heterocycles. The first kappa shape index (κ1) is 12.2. The van der Waals surface area contributed by atoms with Crippen molar-refractivity contribution in [3.63, 3.8) is 0 Å². The molecule has 4 nitrogen and oxygen atoms in total. The van der Waals surface area contributed by atoms with Gasteiger partial charge in [0.1, 0.15) is 11.9 Å². The third kappa shape index (κ3) is 2.53. The fourth-order valence-corrected chi connectivity index (χ4v) is 2.32. The Balaban J connectivity index is 2.29. The maximum Gasteiger partial charge on any atom is 0.305 e. The second kappa shape index (κ2) is 4.55. The van der Waals surface area contributed by atoms with Crippen LogP contribution < -0.4 is 10.5 Å². The van der Waals surface area contributed by atoms with Crippen LogP contribution in [0.5, 0.6) is 5.75 Å². The van der Waals surface area contributed by atoms with Gasteiger partial charge in [-0.25, -0.2) is 0 Å². The summed E-state index contributed by atoms with van der Waals surface area (Å²) in [4.78, 5) is 10.6. The van der Waals surface area contributed by atoms with E-state index in [0.717, 1.165) is 17.5 Å². The molecule has 1 aromatic rings. The third-order valence-electron chi connectivity index (χ3n) is 2.79. The number of nitrogens with two attached hydrogens (primary N) is 1. The van der Waals surface area contributed by atoms with Gasteiger partial charge in [0.25, 0.3) is 0 Å². The van der Waals surface area contributed by atoms with Crippen LogP contribution in [0.25, 0.3) is 0 Å². The molecule has 17 heavy (non-hydrogen) atoms. The Kier molecular flexibility index (Phi) is 3.26. The minimum atomic E-state index is -0.918. The van der Waals surface area contributed by atoms with Crippen LogP contribution in [-0.4, -0.2) is 17.2 Å². The van der Waals surface area contributed by atoms with E-state index < -0.39 is 12.0 Å². The van der Waals surface area contributed by atoms with Gasteiger partial charge in [-0.1, -0.05) is 17.7 Å². The van der Waals surface area contributed by atoms with Gasteiger partial charge in [0.2, 0.25) is 0 Å². The average molecular weight is 256 g/mol. The predicted octanol–water partition coefficient (Wildman–Crippen LogP) is 2.14. The highest BCUT2D eigenvalue weighted by atomic mass is 35.5. The van der Waals surface area contributed by atoms with Crippen LogP contribution in [0.4, 0.5) is 0 Å². The van der Waals surface area contributed by atoms with Gasteiger partial charge < -0.3 is 15.6 Å².